The normalized spacial score (nSPS) is 12.0. The van der Waals surface area contributed by atoms with Gasteiger partial charge in [-0.25, -0.2) is 0 Å². The van der Waals surface area contributed by atoms with Gasteiger partial charge in [0.25, 0.3) is 11.2 Å². The maximum Gasteiger partial charge on any atom is 0.285 e. The van der Waals surface area contributed by atoms with Crippen LogP contribution in [0.5, 0.6) is 5.75 Å². The van der Waals surface area contributed by atoms with Gasteiger partial charge in [-0.3, -0.25) is 19.5 Å². The van der Waals surface area contributed by atoms with E-state index in [2.05, 4.69) is 0 Å². The average molecular weight is 339 g/mol. The van der Waals surface area contributed by atoms with Gasteiger partial charge in [0.05, 0.1) is 25.3 Å². The van der Waals surface area contributed by atoms with Gasteiger partial charge in [0.15, 0.2) is 6.67 Å². The first-order valence-electron chi connectivity index (χ1n) is 6.89. The van der Waals surface area contributed by atoms with Crippen molar-refractivity contribution in [1.29, 1.82) is 0 Å². The smallest absolute Gasteiger partial charge is 0.285 e. The van der Waals surface area contributed by atoms with Crippen LogP contribution in [0.4, 0.5) is 5.69 Å². The Balaban J connectivity index is 2.18. The summed E-state index contributed by atoms with van der Waals surface area (Å²) in [5.41, 5.74) is 0.502. The van der Waals surface area contributed by atoms with E-state index in [1.165, 1.54) is 22.9 Å². The van der Waals surface area contributed by atoms with Crippen molar-refractivity contribution in [1.82, 2.24) is 4.57 Å². The maximum atomic E-state index is 11.8. The second-order valence-corrected chi connectivity index (χ2v) is 5.64. The third-order valence-corrected chi connectivity index (χ3v) is 3.59. The molecule has 7 nitrogen and oxygen atoms in total. The Labute approximate surface area is 137 Å². The number of methoxy groups -OCH3 is 1. The summed E-state index contributed by atoms with van der Waals surface area (Å²) in [6, 6.07) is 7.73. The van der Waals surface area contributed by atoms with Crippen molar-refractivity contribution in [3.8, 4) is 5.75 Å². The number of pyridine rings is 1. The summed E-state index contributed by atoms with van der Waals surface area (Å²) in [6.45, 7) is 0.842. The molecular weight excluding hydrogens is 322 g/mol. The summed E-state index contributed by atoms with van der Waals surface area (Å²) >= 11 is 6.00. The zero-order valence-corrected chi connectivity index (χ0v) is 13.5. The highest BCUT2D eigenvalue weighted by Crippen LogP contribution is 2.21. The molecule has 0 spiro atoms. The first kappa shape index (κ1) is 17.0. The second kappa shape index (κ2) is 7.26. The van der Waals surface area contributed by atoms with Crippen LogP contribution in [0.2, 0.25) is 5.02 Å². The lowest BCUT2D eigenvalue weighted by molar-refractivity contribution is -0.917. The molecule has 1 aromatic heterocycles. The zero-order valence-electron chi connectivity index (χ0n) is 12.8. The van der Waals surface area contributed by atoms with E-state index in [0.717, 1.165) is 10.5 Å². The van der Waals surface area contributed by atoms with E-state index in [9.17, 15) is 14.9 Å². The number of ether oxygens (including phenoxy) is 1. The summed E-state index contributed by atoms with van der Waals surface area (Å²) in [5.74, 6) is 0.708. The Morgan fingerprint density at radius 2 is 2.09 bits per heavy atom. The number of hydrogen-bond donors (Lipinski definition) is 1. The molecule has 1 N–H and O–H groups in total. The monoisotopic (exact) mass is 338 g/mol. The van der Waals surface area contributed by atoms with Crippen LogP contribution in [0.15, 0.2) is 41.3 Å². The summed E-state index contributed by atoms with van der Waals surface area (Å²) < 4.78 is 6.62. The molecule has 1 aromatic carbocycles. The number of rotatable bonds is 6. The number of aromatic nitrogens is 1. The molecule has 0 aliphatic heterocycles. The molecule has 0 bridgehead atoms. The van der Waals surface area contributed by atoms with Crippen LogP contribution in [-0.2, 0) is 13.2 Å². The molecule has 122 valence electrons. The molecule has 23 heavy (non-hydrogen) atoms. The molecule has 0 fully saturated rings. The molecule has 0 amide bonds. The standard InChI is InChI=1S/C15H16ClN3O4/c1-17(8-11-7-12(16)3-5-14(11)23-2)10-18-9-13(19(21)22)4-6-15(18)20/h3-7,9H,8,10H2,1-2H3/p+1. The van der Waals surface area contributed by atoms with E-state index in [0.29, 0.717) is 17.3 Å². The third kappa shape index (κ3) is 4.30. The Kier molecular flexibility index (Phi) is 5.36. The van der Waals surface area contributed by atoms with Gasteiger partial charge < -0.3 is 9.64 Å². The minimum absolute atomic E-state index is 0.113. The van der Waals surface area contributed by atoms with Gasteiger partial charge in [0.2, 0.25) is 0 Å². The molecule has 8 heteroatoms. The fraction of sp³-hybridized carbons (Fsp3) is 0.267. The summed E-state index contributed by atoms with van der Waals surface area (Å²) in [6.07, 6.45) is 1.25. The molecule has 2 aromatic rings. The number of hydrogen-bond acceptors (Lipinski definition) is 4. The maximum absolute atomic E-state index is 11.8. The van der Waals surface area contributed by atoms with Crippen LogP contribution in [0.25, 0.3) is 0 Å². The number of nitrogens with one attached hydrogen (secondary N) is 1. The SMILES string of the molecule is COc1ccc(Cl)cc1C[NH+](C)Cn1cc([N+](=O)[O-])ccc1=O. The van der Waals surface area contributed by atoms with Crippen LogP contribution in [0.1, 0.15) is 5.56 Å². The fourth-order valence-electron chi connectivity index (χ4n) is 2.31. The second-order valence-electron chi connectivity index (χ2n) is 5.20. The van der Waals surface area contributed by atoms with Crippen molar-refractivity contribution in [2.45, 2.75) is 13.2 Å². The predicted octanol–water partition coefficient (Wildman–Crippen LogP) is 1.09. The first-order chi connectivity index (χ1) is 10.9. The first-order valence-corrected chi connectivity index (χ1v) is 7.27. The lowest BCUT2D eigenvalue weighted by Gasteiger charge is -2.17. The van der Waals surface area contributed by atoms with Gasteiger partial charge >= 0.3 is 0 Å². The Morgan fingerprint density at radius 3 is 2.74 bits per heavy atom. The topological polar surface area (TPSA) is 78.8 Å². The van der Waals surface area contributed by atoms with Crippen molar-refractivity contribution >= 4 is 17.3 Å². The van der Waals surface area contributed by atoms with Gasteiger partial charge in [-0.1, -0.05) is 11.6 Å². The van der Waals surface area contributed by atoms with Crippen LogP contribution in [-0.4, -0.2) is 23.6 Å². The van der Waals surface area contributed by atoms with E-state index in [4.69, 9.17) is 16.3 Å². The van der Waals surface area contributed by atoms with Crippen LogP contribution < -0.4 is 15.2 Å². The van der Waals surface area contributed by atoms with Gasteiger partial charge in [0, 0.05) is 22.7 Å². The number of quaternary nitrogens is 1. The van der Waals surface area contributed by atoms with E-state index in [1.54, 1.807) is 25.3 Å². The molecule has 0 saturated carbocycles. The van der Waals surface area contributed by atoms with Gasteiger partial charge in [-0.15, -0.1) is 0 Å². The molecule has 1 atom stereocenters. The minimum atomic E-state index is -0.523. The van der Waals surface area contributed by atoms with E-state index < -0.39 is 4.92 Å². The van der Waals surface area contributed by atoms with Gasteiger partial charge in [-0.2, -0.15) is 0 Å². The number of nitrogens with zero attached hydrogens (tertiary/aromatic N) is 2. The molecule has 0 aliphatic carbocycles. The molecule has 2 rings (SSSR count). The number of nitro groups is 1. The molecule has 1 unspecified atom stereocenters. The largest absolute Gasteiger partial charge is 0.496 e. The minimum Gasteiger partial charge on any atom is -0.496 e. The summed E-state index contributed by atoms with van der Waals surface area (Å²) in [7, 11) is 3.46. The Morgan fingerprint density at radius 1 is 1.35 bits per heavy atom. The third-order valence-electron chi connectivity index (χ3n) is 3.35. The molecular formula is C15H17ClN3O4+. The van der Waals surface area contributed by atoms with Gasteiger partial charge in [0.1, 0.15) is 12.3 Å². The highest BCUT2D eigenvalue weighted by atomic mass is 35.5. The summed E-state index contributed by atoms with van der Waals surface area (Å²) in [4.78, 5) is 23.1. The van der Waals surface area contributed by atoms with E-state index >= 15 is 0 Å². The fourth-order valence-corrected chi connectivity index (χ4v) is 2.50. The van der Waals surface area contributed by atoms with Crippen LogP contribution in [0.3, 0.4) is 0 Å². The molecule has 0 saturated heterocycles. The molecule has 0 aliphatic rings. The van der Waals surface area contributed by atoms with Crippen molar-refractivity contribution < 1.29 is 14.6 Å². The van der Waals surface area contributed by atoms with Crippen LogP contribution in [0, 0.1) is 10.1 Å². The lowest BCUT2D eigenvalue weighted by Crippen LogP contribution is -3.07. The van der Waals surface area contributed by atoms with Gasteiger partial charge in [-0.05, 0) is 18.2 Å². The number of benzene rings is 1. The van der Waals surface area contributed by atoms with Crippen LogP contribution >= 0.6 is 11.6 Å². The number of halogens is 1. The van der Waals surface area contributed by atoms with E-state index in [1.807, 2.05) is 7.05 Å². The molecule has 0 radical (unpaired) electrons. The quantitative estimate of drug-likeness (QED) is 0.631. The van der Waals surface area contributed by atoms with Crippen molar-refractivity contribution in [2.75, 3.05) is 14.2 Å². The van der Waals surface area contributed by atoms with E-state index in [-0.39, 0.29) is 17.9 Å². The predicted molar refractivity (Wildman–Crippen MR) is 86.0 cm³/mol. The Hall–Kier alpha value is -2.38. The molecule has 1 heterocycles. The average Bonchev–Trinajstić information content (AvgIpc) is 2.49. The highest BCUT2D eigenvalue weighted by Gasteiger charge is 2.13. The lowest BCUT2D eigenvalue weighted by atomic mass is 10.2. The highest BCUT2D eigenvalue weighted by molar-refractivity contribution is 6.30. The summed E-state index contributed by atoms with van der Waals surface area (Å²) in [5, 5.41) is 11.4. The Bertz CT molecular complexity index is 776. The van der Waals surface area contributed by atoms with Crippen molar-refractivity contribution in [3.63, 3.8) is 0 Å². The van der Waals surface area contributed by atoms with Crippen molar-refractivity contribution in [3.05, 3.63) is 67.6 Å². The zero-order chi connectivity index (χ0) is 17.0. The van der Waals surface area contributed by atoms with Crippen molar-refractivity contribution in [2.24, 2.45) is 0 Å².